The molecule has 10 heteroatoms. The lowest BCUT2D eigenvalue weighted by Crippen LogP contribution is -2.50. The van der Waals surface area contributed by atoms with E-state index in [1.54, 1.807) is 19.3 Å². The van der Waals surface area contributed by atoms with Crippen molar-refractivity contribution in [1.29, 1.82) is 0 Å². The Kier molecular flexibility index (Phi) is 7.91. The third-order valence-electron chi connectivity index (χ3n) is 8.99. The van der Waals surface area contributed by atoms with Crippen molar-refractivity contribution in [3.63, 3.8) is 0 Å². The molecule has 1 aromatic carbocycles. The highest BCUT2D eigenvalue weighted by Gasteiger charge is 2.44. The number of fused-ring (bicyclic) bond motifs is 2. The zero-order valence-corrected chi connectivity index (χ0v) is 25.8. The molecule has 2 aliphatic carbocycles. The van der Waals surface area contributed by atoms with E-state index in [0.29, 0.717) is 36.5 Å². The Hall–Kier alpha value is -3.89. The summed E-state index contributed by atoms with van der Waals surface area (Å²) in [4.78, 5) is 35.6. The minimum absolute atomic E-state index is 0.102. The van der Waals surface area contributed by atoms with Gasteiger partial charge in [0.1, 0.15) is 11.3 Å². The molecule has 2 fully saturated rings. The highest BCUT2D eigenvalue weighted by Crippen LogP contribution is 2.47. The zero-order chi connectivity index (χ0) is 30.3. The molecule has 0 radical (unpaired) electrons. The second kappa shape index (κ2) is 11.7. The number of hydrogen-bond acceptors (Lipinski definition) is 7. The third kappa shape index (κ3) is 5.86. The Balaban J connectivity index is 1.25. The lowest BCUT2D eigenvalue weighted by Gasteiger charge is -2.35. The van der Waals surface area contributed by atoms with Crippen molar-refractivity contribution >= 4 is 28.5 Å². The number of amides is 2. The predicted octanol–water partition coefficient (Wildman–Crippen LogP) is 2.45. The fourth-order valence-corrected chi connectivity index (χ4v) is 6.48. The second-order valence-electron chi connectivity index (χ2n) is 12.7. The first-order chi connectivity index (χ1) is 20.7. The average molecular weight is 586 g/mol. The van der Waals surface area contributed by atoms with Gasteiger partial charge in [0, 0.05) is 50.3 Å². The largest absolute Gasteiger partial charge is 0.494 e. The number of aromatic nitrogens is 2. The summed E-state index contributed by atoms with van der Waals surface area (Å²) in [6, 6.07) is 3.41. The van der Waals surface area contributed by atoms with Crippen molar-refractivity contribution in [2.45, 2.75) is 37.9 Å². The molecule has 4 atom stereocenters. The number of benzene rings is 1. The van der Waals surface area contributed by atoms with Gasteiger partial charge in [0.25, 0.3) is 5.91 Å². The van der Waals surface area contributed by atoms with Crippen LogP contribution in [0.15, 0.2) is 54.7 Å². The molecule has 2 aromatic rings. The van der Waals surface area contributed by atoms with Gasteiger partial charge in [0.15, 0.2) is 5.82 Å². The molecular formula is C33H43N7O3. The van der Waals surface area contributed by atoms with Crippen molar-refractivity contribution in [3.05, 3.63) is 66.1 Å². The molecule has 6 rings (SSSR count). The van der Waals surface area contributed by atoms with Crippen LogP contribution in [0.25, 0.3) is 16.7 Å². The summed E-state index contributed by atoms with van der Waals surface area (Å²) in [7, 11) is 7.54. The van der Waals surface area contributed by atoms with Gasteiger partial charge >= 0.3 is 0 Å². The van der Waals surface area contributed by atoms with Crippen molar-refractivity contribution in [1.82, 2.24) is 35.3 Å². The number of carbonyl (C=O) groups is 2. The van der Waals surface area contributed by atoms with Crippen LogP contribution in [0.4, 0.5) is 0 Å². The topological polar surface area (TPSA) is 104 Å². The number of nitrogens with one attached hydrogen (secondary N) is 3. The molecule has 1 saturated heterocycles. The predicted molar refractivity (Wildman–Crippen MR) is 169 cm³/mol. The first kappa shape index (κ1) is 29.2. The second-order valence-corrected chi connectivity index (χ2v) is 12.7. The first-order valence-electron chi connectivity index (χ1n) is 15.2. The van der Waals surface area contributed by atoms with Crippen molar-refractivity contribution in [3.8, 4) is 5.75 Å². The molecule has 4 aliphatic rings. The van der Waals surface area contributed by atoms with E-state index in [0.717, 1.165) is 29.5 Å². The van der Waals surface area contributed by atoms with Crippen LogP contribution in [0.1, 0.15) is 35.9 Å². The smallest absolute Gasteiger partial charge is 0.251 e. The van der Waals surface area contributed by atoms with Gasteiger partial charge in [-0.1, -0.05) is 37.3 Å². The number of imidazole rings is 1. The number of rotatable bonds is 10. The van der Waals surface area contributed by atoms with Crippen LogP contribution in [0.2, 0.25) is 0 Å². The quantitative estimate of drug-likeness (QED) is 0.368. The van der Waals surface area contributed by atoms with E-state index < -0.39 is 0 Å². The number of carbonyl (C=O) groups excluding carboxylic acids is 2. The summed E-state index contributed by atoms with van der Waals surface area (Å²) in [5.74, 6) is 1.79. The Morgan fingerprint density at radius 3 is 2.67 bits per heavy atom. The number of methoxy groups -OCH3 is 1. The van der Waals surface area contributed by atoms with Gasteiger partial charge in [0.2, 0.25) is 5.91 Å². The highest BCUT2D eigenvalue weighted by molar-refractivity contribution is 6.00. The molecular weight excluding hydrogens is 542 g/mol. The molecule has 3 N–H and O–H groups in total. The number of ether oxygens (including phenoxy) is 1. The summed E-state index contributed by atoms with van der Waals surface area (Å²) in [5.41, 5.74) is 3.05. The molecule has 2 amide bonds. The molecule has 2 aliphatic heterocycles. The maximum Gasteiger partial charge on any atom is 0.251 e. The molecule has 1 saturated carbocycles. The van der Waals surface area contributed by atoms with Gasteiger partial charge < -0.3 is 35.1 Å². The third-order valence-corrected chi connectivity index (χ3v) is 8.99. The van der Waals surface area contributed by atoms with Gasteiger partial charge in [-0.15, -0.1) is 0 Å². The lowest BCUT2D eigenvalue weighted by molar-refractivity contribution is -0.117. The van der Waals surface area contributed by atoms with E-state index in [4.69, 9.17) is 9.72 Å². The normalized spacial score (nSPS) is 26.4. The van der Waals surface area contributed by atoms with E-state index >= 15 is 0 Å². The minimum atomic E-state index is -0.246. The fourth-order valence-electron chi connectivity index (χ4n) is 6.48. The SMILES string of the molecule is COc1cc(C(=O)N[C@H]2CNC[C@@H]2NC(=O)/C=C/CN(C)C)cc2nc(C3=CC4(C)C=CC=CC4N3CC3CC3)n(C)c12. The van der Waals surface area contributed by atoms with Crippen LogP contribution in [0.5, 0.6) is 5.75 Å². The van der Waals surface area contributed by atoms with Crippen molar-refractivity contribution in [2.24, 2.45) is 18.4 Å². The monoisotopic (exact) mass is 585 g/mol. The Labute approximate surface area is 253 Å². The van der Waals surface area contributed by atoms with Crippen LogP contribution in [0.3, 0.4) is 0 Å². The Morgan fingerprint density at radius 1 is 1.19 bits per heavy atom. The van der Waals surface area contributed by atoms with E-state index in [2.05, 4.69) is 62.7 Å². The lowest BCUT2D eigenvalue weighted by atomic mass is 9.81. The number of allylic oxidation sites excluding steroid dienone is 2. The van der Waals surface area contributed by atoms with E-state index in [1.165, 1.54) is 12.8 Å². The maximum atomic E-state index is 13.5. The van der Waals surface area contributed by atoms with E-state index in [1.807, 2.05) is 38.2 Å². The molecule has 0 bridgehead atoms. The van der Waals surface area contributed by atoms with Crippen molar-refractivity contribution < 1.29 is 14.3 Å². The highest BCUT2D eigenvalue weighted by atomic mass is 16.5. The molecule has 2 unspecified atom stereocenters. The molecule has 228 valence electrons. The molecule has 3 heterocycles. The molecule has 0 spiro atoms. The molecule has 43 heavy (non-hydrogen) atoms. The summed E-state index contributed by atoms with van der Waals surface area (Å²) in [6.07, 6.45) is 17.1. The summed E-state index contributed by atoms with van der Waals surface area (Å²) in [6.45, 7) is 5.13. The number of likely N-dealkylation sites (N-methyl/N-ethyl adjacent to an activating group) is 1. The van der Waals surface area contributed by atoms with Gasteiger partial charge in [-0.25, -0.2) is 4.98 Å². The number of aryl methyl sites for hydroxylation is 1. The van der Waals surface area contributed by atoms with E-state index in [-0.39, 0.29) is 35.4 Å². The average Bonchev–Trinajstić information content (AvgIpc) is 3.49. The standard InChI is InChI=1S/C33H43N7O3/c1-33-13-7-6-9-28(33)40(20-21-11-12-21)26(17-33)31-36-23-15-22(16-27(43-5)30(23)39(31)4)32(42)37-25-19-34-18-24(25)35-29(41)10-8-14-38(2)3/h6-10,13,15-17,21,24-25,28,34H,11-12,14,18-20H2,1-5H3,(H,35,41)(H,37,42)/b10-8+/t24-,25-,28?,33?/m0/s1. The van der Waals surface area contributed by atoms with Crippen LogP contribution >= 0.6 is 0 Å². The van der Waals surface area contributed by atoms with E-state index in [9.17, 15) is 9.59 Å². The minimum Gasteiger partial charge on any atom is -0.494 e. The zero-order valence-electron chi connectivity index (χ0n) is 25.8. The van der Waals surface area contributed by atoms with Gasteiger partial charge in [-0.3, -0.25) is 9.59 Å². The van der Waals surface area contributed by atoms with Gasteiger partial charge in [-0.05, 0) is 51.1 Å². The number of hydrogen-bond donors (Lipinski definition) is 3. The number of nitrogens with zero attached hydrogens (tertiary/aromatic N) is 4. The molecule has 1 aromatic heterocycles. The fraction of sp³-hybridized carbons (Fsp3) is 0.485. The van der Waals surface area contributed by atoms with Gasteiger partial charge in [0.05, 0.1) is 36.4 Å². The maximum absolute atomic E-state index is 13.5. The Bertz CT molecular complexity index is 1530. The summed E-state index contributed by atoms with van der Waals surface area (Å²) < 4.78 is 7.90. The van der Waals surface area contributed by atoms with Crippen LogP contribution in [-0.2, 0) is 11.8 Å². The van der Waals surface area contributed by atoms with Crippen LogP contribution < -0.4 is 20.7 Å². The van der Waals surface area contributed by atoms with Crippen molar-refractivity contribution in [2.75, 3.05) is 47.4 Å². The molecule has 10 nitrogen and oxygen atoms in total. The first-order valence-corrected chi connectivity index (χ1v) is 15.2. The summed E-state index contributed by atoms with van der Waals surface area (Å²) in [5, 5.41) is 9.41. The summed E-state index contributed by atoms with van der Waals surface area (Å²) >= 11 is 0. The van der Waals surface area contributed by atoms with Gasteiger partial charge in [-0.2, -0.15) is 0 Å². The van der Waals surface area contributed by atoms with Crippen LogP contribution in [0, 0.1) is 11.3 Å². The van der Waals surface area contributed by atoms with Crippen LogP contribution in [-0.4, -0.2) is 96.7 Å². The Morgan fingerprint density at radius 2 is 1.95 bits per heavy atom.